The van der Waals surface area contributed by atoms with Crippen LogP contribution in [0.15, 0.2) is 48.5 Å². The second-order valence-electron chi connectivity index (χ2n) is 7.08. The number of amides is 1. The van der Waals surface area contributed by atoms with Crippen molar-refractivity contribution in [2.75, 3.05) is 31.5 Å². The van der Waals surface area contributed by atoms with Crippen molar-refractivity contribution >= 4 is 11.6 Å². The molecule has 5 nitrogen and oxygen atoms in total. The number of halogens is 1. The molecule has 2 aromatic carbocycles. The molecule has 0 spiro atoms. The van der Waals surface area contributed by atoms with Crippen LogP contribution in [0.25, 0.3) is 0 Å². The summed E-state index contributed by atoms with van der Waals surface area (Å²) in [5.41, 5.74) is 2.13. The highest BCUT2D eigenvalue weighted by Crippen LogP contribution is 2.12. The van der Waals surface area contributed by atoms with E-state index in [2.05, 4.69) is 11.4 Å². The number of hydrogen-bond donors (Lipinski definition) is 3. The normalized spacial score (nSPS) is 20.5. The molecule has 0 saturated carbocycles. The number of carbonyl (C=O) groups excluding carboxylic acids is 1. The van der Waals surface area contributed by atoms with Crippen LogP contribution in [0.3, 0.4) is 0 Å². The van der Waals surface area contributed by atoms with Crippen molar-refractivity contribution in [3.63, 3.8) is 0 Å². The number of para-hydroxylation sites is 1. The van der Waals surface area contributed by atoms with Crippen LogP contribution < -0.4 is 15.1 Å². The Morgan fingerprint density at radius 3 is 2.44 bits per heavy atom. The Bertz CT molecular complexity index is 823. The van der Waals surface area contributed by atoms with E-state index in [-0.39, 0.29) is 17.6 Å². The van der Waals surface area contributed by atoms with E-state index in [1.807, 2.05) is 31.2 Å². The van der Waals surface area contributed by atoms with Crippen LogP contribution in [0.1, 0.15) is 18.1 Å². The first-order valence-corrected chi connectivity index (χ1v) is 9.29. The molecule has 0 radical (unpaired) electrons. The van der Waals surface area contributed by atoms with E-state index in [0.717, 1.165) is 32.7 Å². The lowest BCUT2D eigenvalue weighted by Gasteiger charge is -2.32. The first-order valence-electron chi connectivity index (χ1n) is 9.29. The zero-order chi connectivity index (χ0) is 19.2. The second-order valence-corrected chi connectivity index (χ2v) is 7.08. The maximum Gasteiger partial charge on any atom is 0.282 e. The SMILES string of the molecule is C[C@@H](C(=O)Nc1ccccc1F)[NH+]1CC[NH+](Cc2ccc(C#N)cc2)CC1. The van der Waals surface area contributed by atoms with Gasteiger partial charge in [-0.2, -0.15) is 5.26 Å². The van der Waals surface area contributed by atoms with Crippen molar-refractivity contribution < 1.29 is 19.0 Å². The van der Waals surface area contributed by atoms with Crippen LogP contribution in [0.2, 0.25) is 0 Å². The predicted octanol–water partition coefficient (Wildman–Crippen LogP) is 0.00798. The van der Waals surface area contributed by atoms with Gasteiger partial charge in [-0.15, -0.1) is 0 Å². The molecule has 140 valence electrons. The van der Waals surface area contributed by atoms with E-state index >= 15 is 0 Å². The third-order valence-electron chi connectivity index (χ3n) is 5.27. The molecule has 0 unspecified atom stereocenters. The summed E-state index contributed by atoms with van der Waals surface area (Å²) in [6.07, 6.45) is 0. The van der Waals surface area contributed by atoms with Gasteiger partial charge < -0.3 is 15.1 Å². The van der Waals surface area contributed by atoms with Gasteiger partial charge in [0, 0.05) is 5.56 Å². The highest BCUT2D eigenvalue weighted by Gasteiger charge is 2.31. The van der Waals surface area contributed by atoms with Gasteiger partial charge in [0.15, 0.2) is 6.04 Å². The van der Waals surface area contributed by atoms with Gasteiger partial charge in [0.05, 0.1) is 17.3 Å². The van der Waals surface area contributed by atoms with E-state index < -0.39 is 5.82 Å². The molecule has 6 heteroatoms. The van der Waals surface area contributed by atoms with Crippen molar-refractivity contribution in [3.05, 3.63) is 65.5 Å². The molecule has 3 rings (SSSR count). The molecule has 1 heterocycles. The Balaban J connectivity index is 1.49. The van der Waals surface area contributed by atoms with Crippen LogP contribution >= 0.6 is 0 Å². The van der Waals surface area contributed by atoms with E-state index in [1.54, 1.807) is 18.2 Å². The minimum Gasteiger partial charge on any atom is -0.322 e. The summed E-state index contributed by atoms with van der Waals surface area (Å²) in [7, 11) is 0. The molecule has 27 heavy (non-hydrogen) atoms. The maximum atomic E-state index is 13.7. The molecule has 1 aliphatic heterocycles. The summed E-state index contributed by atoms with van der Waals surface area (Å²) in [6, 6.07) is 15.9. The average Bonchev–Trinajstić information content (AvgIpc) is 2.70. The second kappa shape index (κ2) is 8.76. The van der Waals surface area contributed by atoms with Crippen LogP contribution in [0.5, 0.6) is 0 Å². The van der Waals surface area contributed by atoms with Gasteiger partial charge in [0.2, 0.25) is 0 Å². The van der Waals surface area contributed by atoms with E-state index in [0.29, 0.717) is 5.56 Å². The summed E-state index contributed by atoms with van der Waals surface area (Å²) in [6.45, 7) is 6.58. The van der Waals surface area contributed by atoms with Gasteiger partial charge in [-0.3, -0.25) is 4.79 Å². The lowest BCUT2D eigenvalue weighted by atomic mass is 10.1. The number of nitrogens with zero attached hydrogens (tertiary/aromatic N) is 1. The Hall–Kier alpha value is -2.75. The Labute approximate surface area is 159 Å². The van der Waals surface area contributed by atoms with Crippen molar-refractivity contribution in [2.45, 2.75) is 19.5 Å². The number of benzene rings is 2. The monoisotopic (exact) mass is 368 g/mol. The molecule has 1 fully saturated rings. The minimum absolute atomic E-state index is 0.148. The highest BCUT2D eigenvalue weighted by atomic mass is 19.1. The maximum absolute atomic E-state index is 13.7. The molecule has 0 aromatic heterocycles. The largest absolute Gasteiger partial charge is 0.322 e. The Morgan fingerprint density at radius 2 is 1.81 bits per heavy atom. The zero-order valence-electron chi connectivity index (χ0n) is 15.5. The summed E-state index contributed by atoms with van der Waals surface area (Å²) in [4.78, 5) is 15.2. The van der Waals surface area contributed by atoms with Crippen LogP contribution in [-0.2, 0) is 11.3 Å². The molecule has 0 bridgehead atoms. The number of hydrogen-bond acceptors (Lipinski definition) is 2. The molecule has 1 aliphatic rings. The minimum atomic E-state index is -0.412. The molecule has 1 saturated heterocycles. The molecule has 2 aromatic rings. The predicted molar refractivity (Wildman–Crippen MR) is 101 cm³/mol. The molecule has 1 atom stereocenters. The van der Waals surface area contributed by atoms with Gasteiger partial charge >= 0.3 is 0 Å². The fraction of sp³-hybridized carbons (Fsp3) is 0.333. The van der Waals surface area contributed by atoms with Gasteiger partial charge in [-0.05, 0) is 31.2 Å². The quantitative estimate of drug-likeness (QED) is 0.696. The lowest BCUT2D eigenvalue weighted by molar-refractivity contribution is -1.02. The molecule has 1 amide bonds. The number of piperazine rings is 1. The first kappa shape index (κ1) is 19.0. The summed E-state index contributed by atoms with van der Waals surface area (Å²) in [5, 5.41) is 11.6. The smallest absolute Gasteiger partial charge is 0.282 e. The number of anilines is 1. The van der Waals surface area contributed by atoms with Crippen LogP contribution in [-0.4, -0.2) is 38.1 Å². The fourth-order valence-electron chi connectivity index (χ4n) is 3.51. The Morgan fingerprint density at radius 1 is 1.15 bits per heavy atom. The lowest BCUT2D eigenvalue weighted by Crippen LogP contribution is -3.29. The molecule has 3 N–H and O–H groups in total. The molecule has 0 aliphatic carbocycles. The van der Waals surface area contributed by atoms with Gasteiger partial charge in [0.1, 0.15) is 38.5 Å². The van der Waals surface area contributed by atoms with E-state index in [4.69, 9.17) is 5.26 Å². The van der Waals surface area contributed by atoms with E-state index in [1.165, 1.54) is 21.4 Å². The fourth-order valence-corrected chi connectivity index (χ4v) is 3.51. The summed E-state index contributed by atoms with van der Waals surface area (Å²) >= 11 is 0. The van der Waals surface area contributed by atoms with Crippen molar-refractivity contribution in [2.24, 2.45) is 0 Å². The Kier molecular flexibility index (Phi) is 6.17. The third-order valence-corrected chi connectivity index (χ3v) is 5.27. The van der Waals surface area contributed by atoms with Crippen molar-refractivity contribution in [3.8, 4) is 6.07 Å². The first-order chi connectivity index (χ1) is 13.1. The topological polar surface area (TPSA) is 61.8 Å². The van der Waals surface area contributed by atoms with Gasteiger partial charge in [0.25, 0.3) is 5.91 Å². The molecular weight excluding hydrogens is 343 g/mol. The number of rotatable bonds is 5. The summed E-state index contributed by atoms with van der Waals surface area (Å²) in [5.74, 6) is -0.560. The van der Waals surface area contributed by atoms with Crippen LogP contribution in [0, 0.1) is 17.1 Å². The zero-order valence-corrected chi connectivity index (χ0v) is 15.5. The molecular formula is C21H25FN4O+2. The average molecular weight is 368 g/mol. The van der Waals surface area contributed by atoms with Crippen molar-refractivity contribution in [1.29, 1.82) is 5.26 Å². The number of nitrogens with one attached hydrogen (secondary N) is 3. The van der Waals surface area contributed by atoms with Crippen LogP contribution in [0.4, 0.5) is 10.1 Å². The number of quaternary nitrogens is 2. The number of nitriles is 1. The van der Waals surface area contributed by atoms with E-state index in [9.17, 15) is 9.18 Å². The third kappa shape index (κ3) is 4.91. The highest BCUT2D eigenvalue weighted by molar-refractivity contribution is 5.93. The van der Waals surface area contributed by atoms with Gasteiger partial charge in [-0.25, -0.2) is 4.39 Å². The summed E-state index contributed by atoms with van der Waals surface area (Å²) < 4.78 is 13.7. The number of carbonyl (C=O) groups is 1. The van der Waals surface area contributed by atoms with Gasteiger partial charge in [-0.1, -0.05) is 24.3 Å². The standard InChI is InChI=1S/C21H23FN4O/c1-16(21(27)24-20-5-3-2-4-19(20)22)26-12-10-25(11-13-26)15-18-8-6-17(14-23)7-9-18/h2-9,16H,10-13,15H2,1H3,(H,24,27)/p+2/t16-/m0/s1. The van der Waals surface area contributed by atoms with Crippen molar-refractivity contribution in [1.82, 2.24) is 0 Å².